The van der Waals surface area contributed by atoms with E-state index in [1.165, 1.54) is 0 Å². The van der Waals surface area contributed by atoms with Gasteiger partial charge in [0, 0.05) is 24.8 Å². The number of hydrogen-bond donors (Lipinski definition) is 3. The number of nitrogens with two attached hydrogens (primary N) is 1. The van der Waals surface area contributed by atoms with Crippen molar-refractivity contribution in [2.75, 3.05) is 18.1 Å². The molecular weight excluding hydrogens is 256 g/mol. The molecule has 0 aliphatic rings. The zero-order valence-corrected chi connectivity index (χ0v) is 11.6. The summed E-state index contributed by atoms with van der Waals surface area (Å²) in [5.41, 5.74) is 7.52. The van der Waals surface area contributed by atoms with Crippen molar-refractivity contribution in [3.8, 4) is 0 Å². The van der Waals surface area contributed by atoms with Crippen molar-refractivity contribution < 1.29 is 9.21 Å². The summed E-state index contributed by atoms with van der Waals surface area (Å²) < 4.78 is 5.51. The third kappa shape index (κ3) is 3.09. The van der Waals surface area contributed by atoms with Gasteiger partial charge in [-0.05, 0) is 18.2 Å². The molecule has 1 aromatic carbocycles. The molecule has 0 radical (unpaired) electrons. The van der Waals surface area contributed by atoms with Gasteiger partial charge in [-0.15, -0.1) is 0 Å². The predicted octanol–water partition coefficient (Wildman–Crippen LogP) is 1.79. The molecule has 0 unspecified atom stereocenters. The molecule has 0 aliphatic carbocycles. The molecule has 2 aromatic rings. The number of aryl methyl sites for hydroxylation is 1. The average molecular weight is 274 g/mol. The predicted molar refractivity (Wildman–Crippen MR) is 77.5 cm³/mol. The summed E-state index contributed by atoms with van der Waals surface area (Å²) >= 11 is 0. The highest BCUT2D eigenvalue weighted by molar-refractivity contribution is 6.00. The summed E-state index contributed by atoms with van der Waals surface area (Å²) in [4.78, 5) is 15.9. The zero-order valence-electron chi connectivity index (χ0n) is 11.6. The number of anilines is 2. The molecule has 0 saturated carbocycles. The van der Waals surface area contributed by atoms with E-state index in [0.717, 1.165) is 12.2 Å². The maximum Gasteiger partial charge on any atom is 0.253 e. The minimum Gasteiger partial charge on any atom is -0.444 e. The largest absolute Gasteiger partial charge is 0.444 e. The lowest BCUT2D eigenvalue weighted by atomic mass is 10.1. The molecule has 0 fully saturated rings. The van der Waals surface area contributed by atoms with Gasteiger partial charge in [0.1, 0.15) is 5.76 Å². The van der Waals surface area contributed by atoms with E-state index in [4.69, 9.17) is 10.2 Å². The summed E-state index contributed by atoms with van der Waals surface area (Å²) in [7, 11) is 1.59. The Hall–Kier alpha value is -2.50. The number of nitrogen functional groups attached to an aromatic ring is 1. The summed E-state index contributed by atoms with van der Waals surface area (Å²) in [5, 5.41) is 5.72. The van der Waals surface area contributed by atoms with Crippen LogP contribution in [0, 0.1) is 0 Å². The maximum absolute atomic E-state index is 11.8. The Morgan fingerprint density at radius 2 is 2.25 bits per heavy atom. The van der Waals surface area contributed by atoms with Gasteiger partial charge in [-0.1, -0.05) is 6.92 Å². The Labute approximate surface area is 117 Å². The van der Waals surface area contributed by atoms with Gasteiger partial charge in [0.25, 0.3) is 5.91 Å². The maximum atomic E-state index is 11.8. The molecular formula is C14H18N4O2. The van der Waals surface area contributed by atoms with Crippen LogP contribution in [0.2, 0.25) is 0 Å². The number of aromatic nitrogens is 1. The molecule has 0 bridgehead atoms. The van der Waals surface area contributed by atoms with E-state index in [2.05, 4.69) is 15.6 Å². The third-order valence-electron chi connectivity index (χ3n) is 2.90. The zero-order chi connectivity index (χ0) is 14.5. The normalized spacial score (nSPS) is 10.3. The van der Waals surface area contributed by atoms with E-state index in [9.17, 15) is 4.79 Å². The van der Waals surface area contributed by atoms with Crippen LogP contribution in [-0.2, 0) is 13.0 Å². The second-order valence-electron chi connectivity index (χ2n) is 4.31. The summed E-state index contributed by atoms with van der Waals surface area (Å²) in [6.07, 6.45) is 2.50. The van der Waals surface area contributed by atoms with Crippen LogP contribution < -0.4 is 16.4 Å². The Balaban J connectivity index is 2.15. The number of benzene rings is 1. The molecule has 1 heterocycles. The fourth-order valence-electron chi connectivity index (χ4n) is 1.80. The van der Waals surface area contributed by atoms with E-state index in [1.807, 2.05) is 6.92 Å². The van der Waals surface area contributed by atoms with E-state index < -0.39 is 0 Å². The first-order chi connectivity index (χ1) is 9.63. The van der Waals surface area contributed by atoms with Crippen LogP contribution in [0.4, 0.5) is 11.4 Å². The molecule has 0 spiro atoms. The van der Waals surface area contributed by atoms with Gasteiger partial charge in [-0.2, -0.15) is 0 Å². The van der Waals surface area contributed by atoms with Crippen molar-refractivity contribution in [3.05, 3.63) is 41.6 Å². The second-order valence-corrected chi connectivity index (χ2v) is 4.31. The molecule has 106 valence electrons. The van der Waals surface area contributed by atoms with Gasteiger partial charge >= 0.3 is 0 Å². The highest BCUT2D eigenvalue weighted by Crippen LogP contribution is 2.20. The number of hydrogen-bond acceptors (Lipinski definition) is 5. The van der Waals surface area contributed by atoms with Crippen LogP contribution in [0.1, 0.15) is 28.9 Å². The molecule has 2 rings (SSSR count). The molecule has 0 saturated heterocycles. The number of oxazole rings is 1. The molecule has 0 aliphatic heterocycles. The smallest absolute Gasteiger partial charge is 0.253 e. The topological polar surface area (TPSA) is 93.2 Å². The van der Waals surface area contributed by atoms with Gasteiger partial charge in [-0.25, -0.2) is 4.98 Å². The van der Waals surface area contributed by atoms with E-state index in [-0.39, 0.29) is 5.91 Å². The molecule has 4 N–H and O–H groups in total. The van der Waals surface area contributed by atoms with E-state index >= 15 is 0 Å². The van der Waals surface area contributed by atoms with Crippen molar-refractivity contribution in [1.82, 2.24) is 10.3 Å². The number of carbonyl (C=O) groups excluding carboxylic acids is 1. The quantitative estimate of drug-likeness (QED) is 0.723. The number of rotatable bonds is 5. The Kier molecular flexibility index (Phi) is 4.24. The number of nitrogens with one attached hydrogen (secondary N) is 2. The van der Waals surface area contributed by atoms with Gasteiger partial charge in [0.05, 0.1) is 18.3 Å². The summed E-state index contributed by atoms with van der Waals surface area (Å²) in [5.74, 6) is 1.24. The van der Waals surface area contributed by atoms with Crippen LogP contribution >= 0.6 is 0 Å². The highest BCUT2D eigenvalue weighted by atomic mass is 16.4. The van der Waals surface area contributed by atoms with Crippen LogP contribution in [0.5, 0.6) is 0 Å². The number of nitrogens with zero attached hydrogens (tertiary/aromatic N) is 1. The summed E-state index contributed by atoms with van der Waals surface area (Å²) in [6, 6.07) is 5.09. The Morgan fingerprint density at radius 3 is 2.90 bits per heavy atom. The van der Waals surface area contributed by atoms with Crippen molar-refractivity contribution in [1.29, 1.82) is 0 Å². The molecule has 1 amide bonds. The van der Waals surface area contributed by atoms with Crippen LogP contribution in [0.3, 0.4) is 0 Å². The van der Waals surface area contributed by atoms with Gasteiger partial charge in [-0.3, -0.25) is 4.79 Å². The Bertz CT molecular complexity index is 607. The van der Waals surface area contributed by atoms with Crippen molar-refractivity contribution in [2.45, 2.75) is 19.9 Å². The SMILES string of the molecule is CCc1cnc(CNc2cc(N)ccc2C(=O)NC)o1. The van der Waals surface area contributed by atoms with Crippen LogP contribution in [-0.4, -0.2) is 17.9 Å². The van der Waals surface area contributed by atoms with Crippen LogP contribution in [0.25, 0.3) is 0 Å². The lowest BCUT2D eigenvalue weighted by Gasteiger charge is -2.10. The monoisotopic (exact) mass is 274 g/mol. The number of amides is 1. The van der Waals surface area contributed by atoms with Gasteiger partial charge < -0.3 is 20.8 Å². The van der Waals surface area contributed by atoms with Crippen LogP contribution in [0.15, 0.2) is 28.8 Å². The first-order valence-corrected chi connectivity index (χ1v) is 6.43. The number of carbonyl (C=O) groups is 1. The lowest BCUT2D eigenvalue weighted by Crippen LogP contribution is -2.19. The minimum absolute atomic E-state index is 0.172. The minimum atomic E-state index is -0.172. The van der Waals surface area contributed by atoms with Crippen molar-refractivity contribution in [2.24, 2.45) is 0 Å². The fraction of sp³-hybridized carbons (Fsp3) is 0.286. The van der Waals surface area contributed by atoms with E-state index in [1.54, 1.807) is 31.4 Å². The first-order valence-electron chi connectivity index (χ1n) is 6.43. The van der Waals surface area contributed by atoms with Crippen molar-refractivity contribution >= 4 is 17.3 Å². The fourth-order valence-corrected chi connectivity index (χ4v) is 1.80. The van der Waals surface area contributed by atoms with E-state index in [0.29, 0.717) is 29.4 Å². The van der Waals surface area contributed by atoms with Gasteiger partial charge in [0.15, 0.2) is 0 Å². The molecule has 1 aromatic heterocycles. The standard InChI is InChI=1S/C14H18N4O2/c1-3-10-7-18-13(20-10)8-17-12-6-9(15)4-5-11(12)14(19)16-2/h4-7,17H,3,8,15H2,1-2H3,(H,16,19). The molecule has 6 heteroatoms. The second kappa shape index (κ2) is 6.10. The molecule has 6 nitrogen and oxygen atoms in total. The molecule has 0 atom stereocenters. The van der Waals surface area contributed by atoms with Gasteiger partial charge in [0.2, 0.25) is 5.89 Å². The Morgan fingerprint density at radius 1 is 1.45 bits per heavy atom. The lowest BCUT2D eigenvalue weighted by molar-refractivity contribution is 0.0964. The highest BCUT2D eigenvalue weighted by Gasteiger charge is 2.11. The van der Waals surface area contributed by atoms with Crippen molar-refractivity contribution in [3.63, 3.8) is 0 Å². The third-order valence-corrected chi connectivity index (χ3v) is 2.90. The first kappa shape index (κ1) is 13.9. The average Bonchev–Trinajstić information content (AvgIpc) is 2.92. The molecule has 20 heavy (non-hydrogen) atoms. The summed E-state index contributed by atoms with van der Waals surface area (Å²) in [6.45, 7) is 2.40.